The lowest BCUT2D eigenvalue weighted by molar-refractivity contribution is -0.137. The molecule has 0 spiro atoms. The van der Waals surface area contributed by atoms with Gasteiger partial charge in [-0.2, -0.15) is 13.2 Å². The minimum absolute atomic E-state index is 0.0578. The summed E-state index contributed by atoms with van der Waals surface area (Å²) in [6, 6.07) is 9.62. The summed E-state index contributed by atoms with van der Waals surface area (Å²) in [5.41, 5.74) is 3.34. The lowest BCUT2D eigenvalue weighted by Gasteiger charge is -2.18. The van der Waals surface area contributed by atoms with Crippen LogP contribution >= 0.6 is 0 Å². The lowest BCUT2D eigenvalue weighted by atomic mass is 9.94. The first-order valence-corrected chi connectivity index (χ1v) is 12.9. The van der Waals surface area contributed by atoms with Crippen LogP contribution in [0.2, 0.25) is 0 Å². The highest BCUT2D eigenvalue weighted by Gasteiger charge is 2.32. The van der Waals surface area contributed by atoms with E-state index in [1.165, 1.54) is 12.4 Å². The van der Waals surface area contributed by atoms with Crippen molar-refractivity contribution >= 4 is 28.6 Å². The van der Waals surface area contributed by atoms with Gasteiger partial charge in [0.1, 0.15) is 23.6 Å². The van der Waals surface area contributed by atoms with Crippen LogP contribution in [0.4, 0.5) is 33.6 Å². The molecule has 214 valence electrons. The molecule has 4 N–H and O–H groups in total. The molecule has 0 atom stereocenters. The zero-order valence-electron chi connectivity index (χ0n) is 21.7. The molecular formula is C29H22F5N7O. The Balaban J connectivity index is 1.25. The Hall–Kier alpha value is -5.07. The molecule has 0 bridgehead atoms. The number of anilines is 2. The van der Waals surface area contributed by atoms with Crippen LogP contribution in [0.25, 0.3) is 22.2 Å². The normalized spacial score (nSPS) is 12.7. The van der Waals surface area contributed by atoms with Gasteiger partial charge in [-0.1, -0.05) is 24.3 Å². The number of fused-ring (bicyclic) bond motifs is 2. The lowest BCUT2D eigenvalue weighted by Crippen LogP contribution is -2.25. The molecule has 6 rings (SSSR count). The molecule has 8 nitrogen and oxygen atoms in total. The molecule has 3 aromatic heterocycles. The van der Waals surface area contributed by atoms with Gasteiger partial charge >= 0.3 is 6.18 Å². The van der Waals surface area contributed by atoms with Gasteiger partial charge in [0.25, 0.3) is 5.91 Å². The number of hydrogen-bond acceptors (Lipinski definition) is 6. The largest absolute Gasteiger partial charge is 0.417 e. The molecule has 0 saturated carbocycles. The number of nitrogens with one attached hydrogen (secondary N) is 4. The van der Waals surface area contributed by atoms with Crippen LogP contribution in [-0.4, -0.2) is 32.4 Å². The summed E-state index contributed by atoms with van der Waals surface area (Å²) in [5.74, 6) is -2.32. The molecule has 1 amide bonds. The van der Waals surface area contributed by atoms with Crippen molar-refractivity contribution in [3.8, 4) is 11.1 Å². The Kier molecular flexibility index (Phi) is 6.93. The zero-order chi connectivity index (χ0) is 29.4. The topological polar surface area (TPSA) is 108 Å². The molecule has 5 aromatic rings. The van der Waals surface area contributed by atoms with E-state index in [4.69, 9.17) is 0 Å². The van der Waals surface area contributed by atoms with E-state index in [0.29, 0.717) is 30.9 Å². The number of alkyl halides is 3. The summed E-state index contributed by atoms with van der Waals surface area (Å²) in [6.45, 7) is 0.569. The first-order chi connectivity index (χ1) is 20.2. The Morgan fingerprint density at radius 3 is 2.55 bits per heavy atom. The number of benzene rings is 2. The fourth-order valence-electron chi connectivity index (χ4n) is 4.90. The van der Waals surface area contributed by atoms with Crippen molar-refractivity contribution in [2.75, 3.05) is 17.2 Å². The average Bonchev–Trinajstić information content (AvgIpc) is 3.40. The predicted octanol–water partition coefficient (Wildman–Crippen LogP) is 5.83. The summed E-state index contributed by atoms with van der Waals surface area (Å²) in [5, 5.41) is 9.65. The van der Waals surface area contributed by atoms with Crippen molar-refractivity contribution in [2.24, 2.45) is 0 Å². The van der Waals surface area contributed by atoms with Gasteiger partial charge in [-0.05, 0) is 46.9 Å². The quantitative estimate of drug-likeness (QED) is 0.189. The number of carbonyl (C=O) groups excluding carboxylic acids is 1. The van der Waals surface area contributed by atoms with Crippen LogP contribution in [0.15, 0.2) is 61.2 Å². The molecule has 1 aliphatic rings. The van der Waals surface area contributed by atoms with Crippen molar-refractivity contribution in [3.05, 3.63) is 101 Å². The van der Waals surface area contributed by atoms with Crippen molar-refractivity contribution in [3.63, 3.8) is 0 Å². The van der Waals surface area contributed by atoms with Gasteiger partial charge in [0.05, 0.1) is 16.5 Å². The third-order valence-corrected chi connectivity index (χ3v) is 6.97. The SMILES string of the molecule is O=C(NCc1ccc(F)c(F)c1)c1cc(C(F)(F)F)cnc1NCc1ccc2c(c1)CCNc1ncnc3[nH]cc-2c13. The third-order valence-electron chi connectivity index (χ3n) is 6.97. The maximum absolute atomic E-state index is 13.5. The van der Waals surface area contributed by atoms with E-state index in [1.54, 1.807) is 0 Å². The molecule has 42 heavy (non-hydrogen) atoms. The number of nitrogens with zero attached hydrogens (tertiary/aromatic N) is 3. The number of H-pyrrole nitrogens is 1. The van der Waals surface area contributed by atoms with Gasteiger partial charge in [-0.25, -0.2) is 23.7 Å². The van der Waals surface area contributed by atoms with E-state index in [9.17, 15) is 26.7 Å². The van der Waals surface area contributed by atoms with Gasteiger partial charge in [0, 0.05) is 37.6 Å². The Labute approximate surface area is 235 Å². The minimum atomic E-state index is -4.72. The van der Waals surface area contributed by atoms with Gasteiger partial charge in [0.2, 0.25) is 0 Å². The number of rotatable bonds is 6. The van der Waals surface area contributed by atoms with Crippen molar-refractivity contribution in [1.82, 2.24) is 25.3 Å². The summed E-state index contributed by atoms with van der Waals surface area (Å²) in [4.78, 5) is 28.7. The second kappa shape index (κ2) is 10.7. The number of pyridine rings is 1. The van der Waals surface area contributed by atoms with E-state index >= 15 is 0 Å². The number of amides is 1. The van der Waals surface area contributed by atoms with E-state index in [0.717, 1.165) is 45.6 Å². The molecular weight excluding hydrogens is 557 g/mol. The Morgan fingerprint density at radius 1 is 0.929 bits per heavy atom. The number of aromatic nitrogens is 4. The smallest absolute Gasteiger partial charge is 0.369 e. The number of halogens is 5. The monoisotopic (exact) mass is 579 g/mol. The first-order valence-electron chi connectivity index (χ1n) is 12.9. The molecule has 4 heterocycles. The standard InChI is InChI=1S/C29H22F5N7O/c30-22-4-2-16(8-23(22)31)11-39-28(42)20-9-18(29(32,33)34)12-37-25(20)36-10-15-1-3-19-17(7-15)5-6-35-26-24-21(19)13-38-27(24)41-14-40-26/h1-4,7-9,12-14H,5-6,10-11H2,(H,36,37)(H,39,42)(H2,35,38,40,41). The highest BCUT2D eigenvalue weighted by Crippen LogP contribution is 2.36. The van der Waals surface area contributed by atoms with E-state index < -0.39 is 29.3 Å². The summed E-state index contributed by atoms with van der Waals surface area (Å²) < 4.78 is 67.1. The summed E-state index contributed by atoms with van der Waals surface area (Å²) >= 11 is 0. The fourth-order valence-corrected chi connectivity index (χ4v) is 4.90. The summed E-state index contributed by atoms with van der Waals surface area (Å²) in [7, 11) is 0. The fraction of sp³-hybridized carbons (Fsp3) is 0.172. The number of carbonyl (C=O) groups is 1. The maximum atomic E-state index is 13.5. The van der Waals surface area contributed by atoms with E-state index in [2.05, 4.69) is 35.9 Å². The summed E-state index contributed by atoms with van der Waals surface area (Å²) in [6.07, 6.45) is -0.0108. The Morgan fingerprint density at radius 2 is 1.74 bits per heavy atom. The first kappa shape index (κ1) is 27.1. The molecule has 13 heteroatoms. The third kappa shape index (κ3) is 5.32. The predicted molar refractivity (Wildman–Crippen MR) is 146 cm³/mol. The zero-order valence-corrected chi connectivity index (χ0v) is 21.7. The second-order valence-electron chi connectivity index (χ2n) is 9.72. The van der Waals surface area contributed by atoms with Crippen molar-refractivity contribution < 1.29 is 26.7 Å². The van der Waals surface area contributed by atoms with Crippen LogP contribution < -0.4 is 16.0 Å². The van der Waals surface area contributed by atoms with Gasteiger partial charge in [0.15, 0.2) is 11.6 Å². The van der Waals surface area contributed by atoms with Crippen LogP contribution in [0.3, 0.4) is 0 Å². The minimum Gasteiger partial charge on any atom is -0.369 e. The highest BCUT2D eigenvalue weighted by molar-refractivity contribution is 6.02. The molecule has 0 fully saturated rings. The van der Waals surface area contributed by atoms with Crippen molar-refractivity contribution in [2.45, 2.75) is 25.7 Å². The molecule has 2 aromatic carbocycles. The van der Waals surface area contributed by atoms with Gasteiger partial charge < -0.3 is 20.9 Å². The maximum Gasteiger partial charge on any atom is 0.417 e. The Bertz CT molecular complexity index is 1820. The highest BCUT2D eigenvalue weighted by atomic mass is 19.4. The van der Waals surface area contributed by atoms with Crippen LogP contribution in [-0.2, 0) is 25.7 Å². The van der Waals surface area contributed by atoms with Gasteiger partial charge in [-0.15, -0.1) is 0 Å². The molecule has 1 aliphatic heterocycles. The van der Waals surface area contributed by atoms with E-state index in [-0.39, 0.29) is 30.0 Å². The number of hydrogen-bond donors (Lipinski definition) is 4. The molecule has 0 unspecified atom stereocenters. The molecule has 0 radical (unpaired) electrons. The van der Waals surface area contributed by atoms with Crippen LogP contribution in [0.5, 0.6) is 0 Å². The average molecular weight is 580 g/mol. The van der Waals surface area contributed by atoms with E-state index in [1.807, 2.05) is 24.4 Å². The van der Waals surface area contributed by atoms with Crippen molar-refractivity contribution in [1.29, 1.82) is 0 Å². The second-order valence-corrected chi connectivity index (χ2v) is 9.72. The molecule has 0 saturated heterocycles. The number of aromatic amines is 1. The van der Waals surface area contributed by atoms with Gasteiger partial charge in [-0.3, -0.25) is 4.79 Å². The van der Waals surface area contributed by atoms with Crippen LogP contribution in [0.1, 0.15) is 32.6 Å². The molecule has 0 aliphatic carbocycles. The van der Waals surface area contributed by atoms with Crippen LogP contribution in [0, 0.1) is 11.6 Å².